The zero-order valence-electron chi connectivity index (χ0n) is 10.4. The molecule has 1 aliphatic rings. The maximum Gasteiger partial charge on any atom is 0.227 e. The molecule has 1 atom stereocenters. The Hall–Kier alpha value is -0.0800. The van der Waals surface area contributed by atoms with Crippen molar-refractivity contribution in [1.29, 1.82) is 0 Å². The summed E-state index contributed by atoms with van der Waals surface area (Å²) >= 11 is 5.67. The summed E-state index contributed by atoms with van der Waals surface area (Å²) in [5, 5.41) is -0.212. The van der Waals surface area contributed by atoms with Crippen molar-refractivity contribution in [2.75, 3.05) is 13.2 Å². The summed E-state index contributed by atoms with van der Waals surface area (Å²) in [7, 11) is 0. The molecule has 0 N–H and O–H groups in total. The molecular formula is C13H23ClO2. The Bertz CT molecular complexity index is 210. The predicted octanol–water partition coefficient (Wildman–Crippen LogP) is 3.62. The van der Waals surface area contributed by atoms with Crippen molar-refractivity contribution >= 4 is 16.8 Å². The van der Waals surface area contributed by atoms with E-state index in [-0.39, 0.29) is 11.2 Å². The van der Waals surface area contributed by atoms with E-state index in [1.165, 1.54) is 19.3 Å². The molecule has 0 radical (unpaired) electrons. The van der Waals surface area contributed by atoms with Gasteiger partial charge in [-0.15, -0.1) is 0 Å². The predicted molar refractivity (Wildman–Crippen MR) is 66.6 cm³/mol. The van der Waals surface area contributed by atoms with Crippen molar-refractivity contribution in [3.8, 4) is 0 Å². The van der Waals surface area contributed by atoms with E-state index in [2.05, 4.69) is 13.8 Å². The minimum Gasteiger partial charge on any atom is -0.380 e. The molecule has 0 aromatic carbocycles. The van der Waals surface area contributed by atoms with Crippen LogP contribution in [0.2, 0.25) is 0 Å². The molecule has 3 heteroatoms. The molecule has 0 bridgehead atoms. The highest BCUT2D eigenvalue weighted by atomic mass is 35.5. The van der Waals surface area contributed by atoms with Crippen LogP contribution in [0, 0.1) is 17.8 Å². The molecule has 0 heterocycles. The molecule has 1 saturated carbocycles. The van der Waals surface area contributed by atoms with Crippen LogP contribution in [-0.4, -0.2) is 18.5 Å². The first-order valence-electron chi connectivity index (χ1n) is 6.38. The first kappa shape index (κ1) is 14.0. The lowest BCUT2D eigenvalue weighted by Gasteiger charge is -2.27. The summed E-state index contributed by atoms with van der Waals surface area (Å²) in [6.07, 6.45) is 6.03. The highest BCUT2D eigenvalue weighted by Gasteiger charge is 2.28. The van der Waals surface area contributed by atoms with Crippen molar-refractivity contribution in [3.63, 3.8) is 0 Å². The van der Waals surface area contributed by atoms with Crippen molar-refractivity contribution in [2.24, 2.45) is 17.8 Å². The Morgan fingerprint density at radius 1 is 1.25 bits per heavy atom. The van der Waals surface area contributed by atoms with Gasteiger partial charge in [-0.2, -0.15) is 0 Å². The van der Waals surface area contributed by atoms with Gasteiger partial charge in [0.2, 0.25) is 5.24 Å². The van der Waals surface area contributed by atoms with Gasteiger partial charge in [-0.3, -0.25) is 4.79 Å². The Balaban J connectivity index is 2.37. The number of hydrogen-bond donors (Lipinski definition) is 0. The molecule has 1 aliphatic carbocycles. The first-order valence-corrected chi connectivity index (χ1v) is 6.76. The van der Waals surface area contributed by atoms with E-state index in [4.69, 9.17) is 16.3 Å². The lowest BCUT2D eigenvalue weighted by molar-refractivity contribution is -0.119. The van der Waals surface area contributed by atoms with Crippen LogP contribution in [0.5, 0.6) is 0 Å². The summed E-state index contributed by atoms with van der Waals surface area (Å²) in [6, 6.07) is 0. The molecule has 1 fully saturated rings. The third kappa shape index (κ3) is 4.84. The Morgan fingerprint density at radius 3 is 2.38 bits per heavy atom. The van der Waals surface area contributed by atoms with Crippen LogP contribution < -0.4 is 0 Å². The molecule has 0 saturated heterocycles. The average molecular weight is 247 g/mol. The third-order valence-electron chi connectivity index (χ3n) is 3.26. The lowest BCUT2D eigenvalue weighted by Crippen LogP contribution is -2.28. The monoisotopic (exact) mass is 246 g/mol. The second kappa shape index (κ2) is 7.29. The van der Waals surface area contributed by atoms with Gasteiger partial charge in [0.05, 0.1) is 12.5 Å². The fraction of sp³-hybridized carbons (Fsp3) is 0.923. The number of halogens is 1. The maximum absolute atomic E-state index is 11.4. The normalized spacial score (nSPS) is 20.0. The Kier molecular flexibility index (Phi) is 6.37. The molecule has 1 unspecified atom stereocenters. The van der Waals surface area contributed by atoms with E-state index < -0.39 is 0 Å². The molecule has 0 aromatic heterocycles. The SMILES string of the molecule is CC(C)COCC(C(=O)Cl)C1CCCCC1. The zero-order valence-corrected chi connectivity index (χ0v) is 11.1. The van der Waals surface area contributed by atoms with Gasteiger partial charge < -0.3 is 4.74 Å². The largest absolute Gasteiger partial charge is 0.380 e. The van der Waals surface area contributed by atoms with Gasteiger partial charge in [0.25, 0.3) is 0 Å². The highest BCUT2D eigenvalue weighted by Crippen LogP contribution is 2.31. The van der Waals surface area contributed by atoms with Crippen molar-refractivity contribution < 1.29 is 9.53 Å². The number of rotatable bonds is 6. The minimum absolute atomic E-state index is 0.0827. The maximum atomic E-state index is 11.4. The lowest BCUT2D eigenvalue weighted by atomic mass is 9.81. The standard InChI is InChI=1S/C13H23ClO2/c1-10(2)8-16-9-12(13(14)15)11-6-4-3-5-7-11/h10-12H,3-9H2,1-2H3. The second-order valence-electron chi connectivity index (χ2n) is 5.24. The minimum atomic E-state index is -0.212. The summed E-state index contributed by atoms with van der Waals surface area (Å²) in [5.41, 5.74) is 0. The van der Waals surface area contributed by atoms with E-state index in [0.29, 0.717) is 25.0 Å². The summed E-state index contributed by atoms with van der Waals surface area (Å²) < 4.78 is 5.57. The molecule has 94 valence electrons. The average Bonchev–Trinajstić information content (AvgIpc) is 2.25. The number of carbonyl (C=O) groups excluding carboxylic acids is 1. The fourth-order valence-corrected chi connectivity index (χ4v) is 2.60. The van der Waals surface area contributed by atoms with Gasteiger partial charge in [-0.1, -0.05) is 33.1 Å². The second-order valence-corrected chi connectivity index (χ2v) is 5.61. The molecule has 2 nitrogen and oxygen atoms in total. The van der Waals surface area contributed by atoms with Gasteiger partial charge in [-0.05, 0) is 36.3 Å². The van der Waals surface area contributed by atoms with Crippen LogP contribution in [0.15, 0.2) is 0 Å². The van der Waals surface area contributed by atoms with Gasteiger partial charge in [-0.25, -0.2) is 0 Å². The number of carbonyl (C=O) groups is 1. The van der Waals surface area contributed by atoms with Crippen molar-refractivity contribution in [1.82, 2.24) is 0 Å². The summed E-state index contributed by atoms with van der Waals surface area (Å²) in [6.45, 7) is 5.44. The molecule has 0 amide bonds. The molecule has 0 aromatic rings. The highest BCUT2D eigenvalue weighted by molar-refractivity contribution is 6.64. The quantitative estimate of drug-likeness (QED) is 0.669. The topological polar surface area (TPSA) is 26.3 Å². The molecule has 1 rings (SSSR count). The van der Waals surface area contributed by atoms with Crippen LogP contribution in [0.3, 0.4) is 0 Å². The fourth-order valence-electron chi connectivity index (χ4n) is 2.35. The van der Waals surface area contributed by atoms with Crippen LogP contribution in [0.1, 0.15) is 46.0 Å². The van der Waals surface area contributed by atoms with Gasteiger partial charge in [0.15, 0.2) is 0 Å². The van der Waals surface area contributed by atoms with Crippen LogP contribution in [0.4, 0.5) is 0 Å². The van der Waals surface area contributed by atoms with Crippen LogP contribution in [-0.2, 0) is 9.53 Å². The van der Waals surface area contributed by atoms with Crippen molar-refractivity contribution in [3.05, 3.63) is 0 Å². The van der Waals surface area contributed by atoms with Gasteiger partial charge in [0, 0.05) is 6.61 Å². The van der Waals surface area contributed by atoms with E-state index in [0.717, 1.165) is 12.8 Å². The first-order chi connectivity index (χ1) is 7.61. The summed E-state index contributed by atoms with van der Waals surface area (Å²) in [5.74, 6) is 0.879. The molecular weight excluding hydrogens is 224 g/mol. The van der Waals surface area contributed by atoms with E-state index >= 15 is 0 Å². The third-order valence-corrected chi connectivity index (χ3v) is 3.54. The van der Waals surface area contributed by atoms with Crippen LogP contribution >= 0.6 is 11.6 Å². The van der Waals surface area contributed by atoms with E-state index in [1.54, 1.807) is 0 Å². The zero-order chi connectivity index (χ0) is 12.0. The molecule has 0 spiro atoms. The van der Waals surface area contributed by atoms with E-state index in [1.807, 2.05) is 0 Å². The van der Waals surface area contributed by atoms with E-state index in [9.17, 15) is 4.79 Å². The van der Waals surface area contributed by atoms with Crippen LogP contribution in [0.25, 0.3) is 0 Å². The Morgan fingerprint density at radius 2 is 1.88 bits per heavy atom. The summed E-state index contributed by atoms with van der Waals surface area (Å²) in [4.78, 5) is 11.4. The number of hydrogen-bond acceptors (Lipinski definition) is 2. The van der Waals surface area contributed by atoms with Crippen molar-refractivity contribution in [2.45, 2.75) is 46.0 Å². The number of ether oxygens (including phenoxy) is 1. The van der Waals surface area contributed by atoms with Gasteiger partial charge in [0.1, 0.15) is 0 Å². The smallest absolute Gasteiger partial charge is 0.227 e. The van der Waals surface area contributed by atoms with Gasteiger partial charge >= 0.3 is 0 Å². The molecule has 0 aliphatic heterocycles. The molecule has 16 heavy (non-hydrogen) atoms. The Labute approximate surface area is 104 Å².